The van der Waals surface area contributed by atoms with Crippen LogP contribution in [0.4, 0.5) is 0 Å². The third-order valence-corrected chi connectivity index (χ3v) is 9.31. The number of aromatic nitrogens is 2. The first kappa shape index (κ1) is 26.6. The van der Waals surface area contributed by atoms with Crippen molar-refractivity contribution in [3.05, 3.63) is 30.0 Å². The van der Waals surface area contributed by atoms with Gasteiger partial charge in [0.05, 0.1) is 42.7 Å². The van der Waals surface area contributed by atoms with Crippen molar-refractivity contribution < 1.29 is 22.7 Å². The number of carbonyl (C=O) groups excluding carboxylic acids is 1. The number of amides is 1. The second kappa shape index (κ2) is 10.6. The van der Waals surface area contributed by atoms with Gasteiger partial charge in [-0.15, -0.1) is 0 Å². The number of carbonyl (C=O) groups is 1. The van der Waals surface area contributed by atoms with Crippen LogP contribution in [-0.4, -0.2) is 80.3 Å². The van der Waals surface area contributed by atoms with Gasteiger partial charge >= 0.3 is 0 Å². The molecule has 0 unspecified atom stereocenters. The fourth-order valence-corrected chi connectivity index (χ4v) is 7.15. The lowest BCUT2D eigenvalue weighted by atomic mass is 9.82. The molecule has 2 aliphatic heterocycles. The molecule has 1 aliphatic carbocycles. The van der Waals surface area contributed by atoms with E-state index >= 15 is 0 Å². The van der Waals surface area contributed by atoms with Crippen LogP contribution in [0.1, 0.15) is 56.9 Å². The summed E-state index contributed by atoms with van der Waals surface area (Å²) in [5.74, 6) is 0.546. The van der Waals surface area contributed by atoms with Crippen molar-refractivity contribution in [3.63, 3.8) is 0 Å². The molecule has 1 aromatic heterocycles. The molecule has 3 fully saturated rings. The third-order valence-electron chi connectivity index (χ3n) is 8.58. The molecule has 0 bridgehead atoms. The van der Waals surface area contributed by atoms with Crippen LogP contribution in [0.5, 0.6) is 0 Å². The summed E-state index contributed by atoms with van der Waals surface area (Å²) in [5.41, 5.74) is 2.02. The van der Waals surface area contributed by atoms with E-state index in [4.69, 9.17) is 9.47 Å². The highest BCUT2D eigenvalue weighted by Gasteiger charge is 2.43. The maximum atomic E-state index is 13.3. The molecule has 9 nitrogen and oxygen atoms in total. The average molecular weight is 533 g/mol. The molecule has 10 heteroatoms. The van der Waals surface area contributed by atoms with Crippen LogP contribution < -0.4 is 4.72 Å². The molecule has 2 aromatic rings. The molecule has 5 rings (SSSR count). The Bertz CT molecular complexity index is 1210. The van der Waals surface area contributed by atoms with Gasteiger partial charge in [0, 0.05) is 44.1 Å². The van der Waals surface area contributed by atoms with E-state index in [0.29, 0.717) is 45.2 Å². The van der Waals surface area contributed by atoms with Crippen LogP contribution in [0.15, 0.2) is 24.4 Å². The van der Waals surface area contributed by atoms with Crippen molar-refractivity contribution >= 4 is 26.8 Å². The number of sulfonamides is 1. The maximum absolute atomic E-state index is 13.3. The molecule has 0 radical (unpaired) electrons. The molecule has 37 heavy (non-hydrogen) atoms. The van der Waals surface area contributed by atoms with E-state index in [1.807, 2.05) is 29.7 Å². The van der Waals surface area contributed by atoms with E-state index in [9.17, 15) is 13.2 Å². The molecule has 204 valence electrons. The number of fused-ring (bicyclic) bond motifs is 1. The fraction of sp³-hybridized carbons (Fsp3) is 0.704. The largest absolute Gasteiger partial charge is 0.380 e. The van der Waals surface area contributed by atoms with E-state index in [1.54, 1.807) is 0 Å². The van der Waals surface area contributed by atoms with Gasteiger partial charge in [-0.25, -0.2) is 13.1 Å². The highest BCUT2D eigenvalue weighted by molar-refractivity contribution is 7.88. The number of nitrogens with one attached hydrogen (secondary N) is 1. The van der Waals surface area contributed by atoms with Gasteiger partial charge in [0.15, 0.2) is 0 Å². The summed E-state index contributed by atoms with van der Waals surface area (Å²) in [4.78, 5) is 15.2. The number of hydrogen-bond donors (Lipinski definition) is 1. The minimum Gasteiger partial charge on any atom is -0.380 e. The van der Waals surface area contributed by atoms with E-state index in [0.717, 1.165) is 37.6 Å². The molecular weight excluding hydrogens is 492 g/mol. The molecule has 1 amide bonds. The van der Waals surface area contributed by atoms with Crippen molar-refractivity contribution in [1.29, 1.82) is 0 Å². The van der Waals surface area contributed by atoms with Crippen LogP contribution in [0.25, 0.3) is 10.9 Å². The molecule has 1 N–H and O–H groups in total. The highest BCUT2D eigenvalue weighted by atomic mass is 32.2. The lowest BCUT2D eigenvalue weighted by molar-refractivity contribution is -0.144. The quantitative estimate of drug-likeness (QED) is 0.588. The zero-order valence-electron chi connectivity index (χ0n) is 22.2. The Kier molecular flexibility index (Phi) is 7.64. The molecule has 0 spiro atoms. The second-order valence-corrected chi connectivity index (χ2v) is 13.3. The zero-order chi connectivity index (χ0) is 26.2. The first-order valence-electron chi connectivity index (χ1n) is 13.5. The number of hydrogen-bond acceptors (Lipinski definition) is 6. The van der Waals surface area contributed by atoms with Gasteiger partial charge in [-0.3, -0.25) is 9.48 Å². The van der Waals surface area contributed by atoms with E-state index in [1.165, 1.54) is 17.2 Å². The van der Waals surface area contributed by atoms with Crippen LogP contribution in [0.3, 0.4) is 0 Å². The maximum Gasteiger partial charge on any atom is 0.230 e. The van der Waals surface area contributed by atoms with Gasteiger partial charge in [0.25, 0.3) is 0 Å². The highest BCUT2D eigenvalue weighted by Crippen LogP contribution is 2.36. The summed E-state index contributed by atoms with van der Waals surface area (Å²) in [5, 5.41) is 5.53. The number of piperidine rings is 1. The first-order valence-corrected chi connectivity index (χ1v) is 15.4. The summed E-state index contributed by atoms with van der Waals surface area (Å²) < 4.78 is 40.7. The predicted molar refractivity (Wildman–Crippen MR) is 142 cm³/mol. The van der Waals surface area contributed by atoms with Crippen molar-refractivity contribution in [1.82, 2.24) is 19.4 Å². The number of aryl methyl sites for hydroxylation is 1. The molecule has 2 saturated heterocycles. The minimum absolute atomic E-state index is 0.0796. The van der Waals surface area contributed by atoms with Gasteiger partial charge in [-0.05, 0) is 69.1 Å². The minimum atomic E-state index is -3.35. The van der Waals surface area contributed by atoms with Crippen molar-refractivity contribution in [3.8, 4) is 0 Å². The zero-order valence-corrected chi connectivity index (χ0v) is 23.0. The molecule has 3 heterocycles. The average Bonchev–Trinajstić information content (AvgIpc) is 3.48. The molecule has 3 aliphatic rings. The summed E-state index contributed by atoms with van der Waals surface area (Å²) in [6, 6.07) is 6.41. The summed E-state index contributed by atoms with van der Waals surface area (Å²) in [7, 11) is -1.39. The van der Waals surface area contributed by atoms with Crippen LogP contribution in [0.2, 0.25) is 0 Å². The Labute approximate surface area is 219 Å². The number of nitrogens with zero attached hydrogens (tertiary/aromatic N) is 3. The van der Waals surface area contributed by atoms with Crippen LogP contribution in [-0.2, 0) is 31.3 Å². The standard InChI is InChI=1S/C27H40N4O5S/c1-27(11-13-35-18-27)26(32)31-12-10-24(29-37(3,33)34)22(16-31)17-36-23-7-4-19(5-8-23)20-6-9-25-21(14-20)15-28-30(25)2/h6,9,14-15,19,22-24,29H,4-5,7-8,10-13,16-18H2,1-3H3/t19?,22-,23?,24-,27-/m0/s1. The number of likely N-dealkylation sites (tertiary alicyclic amines) is 1. The Morgan fingerprint density at radius 2 is 2.03 bits per heavy atom. The molecule has 1 saturated carbocycles. The third kappa shape index (κ3) is 6.02. The molecule has 3 atom stereocenters. The summed E-state index contributed by atoms with van der Waals surface area (Å²) in [6.07, 6.45) is 8.68. The van der Waals surface area contributed by atoms with Crippen molar-refractivity contribution in [2.45, 2.75) is 63.5 Å². The van der Waals surface area contributed by atoms with Crippen LogP contribution >= 0.6 is 0 Å². The Hall–Kier alpha value is -2.01. The number of ether oxygens (including phenoxy) is 2. The predicted octanol–water partition coefficient (Wildman–Crippen LogP) is 2.81. The number of benzene rings is 1. The van der Waals surface area contributed by atoms with E-state index in [2.05, 4.69) is 28.0 Å². The summed E-state index contributed by atoms with van der Waals surface area (Å²) in [6.45, 7) is 4.53. The normalized spacial score (nSPS) is 31.2. The first-order chi connectivity index (χ1) is 17.6. The SMILES string of the molecule is Cn1ncc2cc(C3CCC(OC[C@@H]4CN(C(=O)[C@@]5(C)CCOC5)CC[C@@H]4NS(C)(=O)=O)CC3)ccc21. The fourth-order valence-electron chi connectivity index (χ4n) is 6.29. The smallest absolute Gasteiger partial charge is 0.230 e. The molecule has 1 aromatic carbocycles. The van der Waals surface area contributed by atoms with Gasteiger partial charge in [-0.1, -0.05) is 6.07 Å². The topological polar surface area (TPSA) is 103 Å². The van der Waals surface area contributed by atoms with Gasteiger partial charge in [-0.2, -0.15) is 5.10 Å². The molecular formula is C27H40N4O5S. The Morgan fingerprint density at radius 1 is 1.24 bits per heavy atom. The van der Waals surface area contributed by atoms with Crippen molar-refractivity contribution in [2.24, 2.45) is 18.4 Å². The Balaban J connectivity index is 1.18. The van der Waals surface area contributed by atoms with Gasteiger partial charge < -0.3 is 14.4 Å². The van der Waals surface area contributed by atoms with Crippen LogP contribution in [0, 0.1) is 11.3 Å². The van der Waals surface area contributed by atoms with E-state index < -0.39 is 15.4 Å². The monoisotopic (exact) mass is 532 g/mol. The van der Waals surface area contributed by atoms with E-state index in [-0.39, 0.29) is 24.0 Å². The number of rotatable bonds is 7. The lowest BCUT2D eigenvalue weighted by Crippen LogP contribution is -2.56. The lowest BCUT2D eigenvalue weighted by Gasteiger charge is -2.41. The van der Waals surface area contributed by atoms with Gasteiger partial charge in [0.2, 0.25) is 15.9 Å². The van der Waals surface area contributed by atoms with Crippen molar-refractivity contribution in [2.75, 3.05) is 39.2 Å². The summed E-state index contributed by atoms with van der Waals surface area (Å²) >= 11 is 0. The Morgan fingerprint density at radius 3 is 2.73 bits per heavy atom. The van der Waals surface area contributed by atoms with Gasteiger partial charge in [0.1, 0.15) is 0 Å². The second-order valence-electron chi connectivity index (χ2n) is 11.6.